The molecule has 0 aliphatic heterocycles. The van der Waals surface area contributed by atoms with E-state index in [-0.39, 0.29) is 5.97 Å². The van der Waals surface area contributed by atoms with Gasteiger partial charge < -0.3 is 9.64 Å². The van der Waals surface area contributed by atoms with Crippen LogP contribution in [0, 0.1) is 0 Å². The Balaban J connectivity index is 3.02. The van der Waals surface area contributed by atoms with E-state index in [1.807, 2.05) is 38.4 Å². The molecule has 0 saturated heterocycles. The van der Waals surface area contributed by atoms with Gasteiger partial charge in [0.2, 0.25) is 0 Å². The van der Waals surface area contributed by atoms with Gasteiger partial charge in [0.1, 0.15) is 5.70 Å². The molecule has 1 rings (SSSR count). The number of likely N-dealkylation sites (N-methyl/N-ethyl adjacent to an activating group) is 1. The quantitative estimate of drug-likeness (QED) is 0.631. The average Bonchev–Trinajstić information content (AvgIpc) is 2.27. The van der Waals surface area contributed by atoms with E-state index < -0.39 is 0 Å². The van der Waals surface area contributed by atoms with Gasteiger partial charge in [-0.25, -0.2) is 4.79 Å². The molecule has 86 valence electrons. The second-order valence-corrected chi connectivity index (χ2v) is 4.38. The number of esters is 1. The lowest BCUT2D eigenvalue weighted by atomic mass is 10.2. The number of carbonyl (C=O) groups excluding carboxylic acids is 1. The summed E-state index contributed by atoms with van der Waals surface area (Å²) >= 11 is 3.36. The van der Waals surface area contributed by atoms with Crippen LogP contribution < -0.4 is 0 Å². The van der Waals surface area contributed by atoms with Crippen molar-refractivity contribution in [3.63, 3.8) is 0 Å². The first kappa shape index (κ1) is 12.8. The summed E-state index contributed by atoms with van der Waals surface area (Å²) in [6, 6.07) is 7.71. The fourth-order valence-electron chi connectivity index (χ4n) is 1.19. The third-order valence-electron chi connectivity index (χ3n) is 2.05. The SMILES string of the molecule is COC(=O)/C(=C\c1ccc(Br)cc1)N(C)C. The minimum atomic E-state index is -0.340. The van der Waals surface area contributed by atoms with Crippen LogP contribution in [0.25, 0.3) is 6.08 Å². The third kappa shape index (κ3) is 3.38. The molecule has 0 radical (unpaired) electrons. The zero-order valence-electron chi connectivity index (χ0n) is 9.53. The van der Waals surface area contributed by atoms with Gasteiger partial charge in [0.25, 0.3) is 0 Å². The van der Waals surface area contributed by atoms with Crippen molar-refractivity contribution in [2.24, 2.45) is 0 Å². The second kappa shape index (κ2) is 5.70. The van der Waals surface area contributed by atoms with Gasteiger partial charge in [-0.15, -0.1) is 0 Å². The summed E-state index contributed by atoms with van der Waals surface area (Å²) in [5, 5.41) is 0. The van der Waals surface area contributed by atoms with Crippen LogP contribution in [-0.2, 0) is 9.53 Å². The van der Waals surface area contributed by atoms with Gasteiger partial charge in [0, 0.05) is 18.6 Å². The molecule has 0 heterocycles. The van der Waals surface area contributed by atoms with Gasteiger partial charge in [0.15, 0.2) is 0 Å². The minimum absolute atomic E-state index is 0.340. The number of benzene rings is 1. The van der Waals surface area contributed by atoms with Crippen molar-refractivity contribution in [1.82, 2.24) is 4.90 Å². The molecule has 0 aliphatic carbocycles. The van der Waals surface area contributed by atoms with Gasteiger partial charge in [-0.1, -0.05) is 28.1 Å². The summed E-state index contributed by atoms with van der Waals surface area (Å²) in [6.45, 7) is 0. The molecular formula is C12H14BrNO2. The van der Waals surface area contributed by atoms with Crippen molar-refractivity contribution in [1.29, 1.82) is 0 Å². The molecule has 0 fully saturated rings. The zero-order valence-corrected chi connectivity index (χ0v) is 11.1. The largest absolute Gasteiger partial charge is 0.464 e. The first-order valence-corrected chi connectivity index (χ1v) is 5.57. The minimum Gasteiger partial charge on any atom is -0.464 e. The highest BCUT2D eigenvalue weighted by Gasteiger charge is 2.11. The first-order valence-electron chi connectivity index (χ1n) is 4.77. The summed E-state index contributed by atoms with van der Waals surface area (Å²) in [5.41, 5.74) is 1.47. The fourth-order valence-corrected chi connectivity index (χ4v) is 1.46. The molecule has 1 aromatic carbocycles. The highest BCUT2D eigenvalue weighted by atomic mass is 79.9. The van der Waals surface area contributed by atoms with Gasteiger partial charge in [0.05, 0.1) is 7.11 Å². The van der Waals surface area contributed by atoms with E-state index in [0.29, 0.717) is 5.70 Å². The Labute approximate surface area is 104 Å². The lowest BCUT2D eigenvalue weighted by molar-refractivity contribution is -0.137. The van der Waals surface area contributed by atoms with E-state index in [1.54, 1.807) is 11.0 Å². The van der Waals surface area contributed by atoms with Crippen LogP contribution in [0.4, 0.5) is 0 Å². The average molecular weight is 284 g/mol. The number of halogens is 1. The molecule has 0 spiro atoms. The van der Waals surface area contributed by atoms with E-state index in [0.717, 1.165) is 10.0 Å². The Hall–Kier alpha value is -1.29. The van der Waals surface area contributed by atoms with Crippen molar-refractivity contribution in [2.75, 3.05) is 21.2 Å². The Morgan fingerprint density at radius 3 is 2.31 bits per heavy atom. The Morgan fingerprint density at radius 1 is 1.31 bits per heavy atom. The second-order valence-electron chi connectivity index (χ2n) is 3.47. The third-order valence-corrected chi connectivity index (χ3v) is 2.58. The predicted octanol–water partition coefficient (Wildman–Crippen LogP) is 2.52. The van der Waals surface area contributed by atoms with E-state index in [9.17, 15) is 4.79 Å². The summed E-state index contributed by atoms with van der Waals surface area (Å²) in [5.74, 6) is -0.340. The molecule has 3 nitrogen and oxygen atoms in total. The van der Waals surface area contributed by atoms with Crippen LogP contribution in [0.15, 0.2) is 34.4 Å². The number of rotatable bonds is 3. The maximum Gasteiger partial charge on any atom is 0.354 e. The van der Waals surface area contributed by atoms with Crippen LogP contribution in [0.2, 0.25) is 0 Å². The van der Waals surface area contributed by atoms with Gasteiger partial charge >= 0.3 is 5.97 Å². The van der Waals surface area contributed by atoms with E-state index in [4.69, 9.17) is 4.74 Å². The molecule has 0 saturated carbocycles. The fraction of sp³-hybridized carbons (Fsp3) is 0.250. The van der Waals surface area contributed by atoms with Crippen LogP contribution in [0.3, 0.4) is 0 Å². The first-order chi connectivity index (χ1) is 7.54. The molecular weight excluding hydrogens is 270 g/mol. The number of carbonyl (C=O) groups is 1. The maximum atomic E-state index is 11.5. The monoisotopic (exact) mass is 283 g/mol. The number of ether oxygens (including phenoxy) is 1. The zero-order chi connectivity index (χ0) is 12.1. The van der Waals surface area contributed by atoms with Crippen molar-refractivity contribution < 1.29 is 9.53 Å². The molecule has 0 bridgehead atoms. The van der Waals surface area contributed by atoms with Gasteiger partial charge in [-0.3, -0.25) is 0 Å². The predicted molar refractivity (Wildman–Crippen MR) is 67.8 cm³/mol. The Kier molecular flexibility index (Phi) is 4.55. The van der Waals surface area contributed by atoms with Gasteiger partial charge in [-0.2, -0.15) is 0 Å². The summed E-state index contributed by atoms with van der Waals surface area (Å²) < 4.78 is 5.72. The van der Waals surface area contributed by atoms with E-state index in [2.05, 4.69) is 15.9 Å². The maximum absolute atomic E-state index is 11.5. The van der Waals surface area contributed by atoms with Crippen LogP contribution in [0.1, 0.15) is 5.56 Å². The molecule has 0 aromatic heterocycles. The highest BCUT2D eigenvalue weighted by molar-refractivity contribution is 9.10. The van der Waals surface area contributed by atoms with Crippen molar-refractivity contribution in [3.8, 4) is 0 Å². The molecule has 0 amide bonds. The molecule has 0 unspecified atom stereocenters. The molecule has 0 aliphatic rings. The topological polar surface area (TPSA) is 29.5 Å². The Morgan fingerprint density at radius 2 is 1.88 bits per heavy atom. The van der Waals surface area contributed by atoms with Crippen molar-refractivity contribution in [2.45, 2.75) is 0 Å². The molecule has 1 aromatic rings. The van der Waals surface area contributed by atoms with E-state index in [1.165, 1.54) is 7.11 Å². The van der Waals surface area contributed by atoms with Crippen molar-refractivity contribution >= 4 is 28.0 Å². The summed E-state index contributed by atoms with van der Waals surface area (Å²) in [4.78, 5) is 13.2. The molecule has 16 heavy (non-hydrogen) atoms. The normalized spacial score (nSPS) is 11.1. The highest BCUT2D eigenvalue weighted by Crippen LogP contribution is 2.14. The van der Waals surface area contributed by atoms with E-state index >= 15 is 0 Å². The van der Waals surface area contributed by atoms with Crippen LogP contribution in [0.5, 0.6) is 0 Å². The van der Waals surface area contributed by atoms with Crippen LogP contribution >= 0.6 is 15.9 Å². The van der Waals surface area contributed by atoms with Crippen molar-refractivity contribution in [3.05, 3.63) is 40.0 Å². The van der Waals surface area contributed by atoms with Gasteiger partial charge in [-0.05, 0) is 23.8 Å². The lowest BCUT2D eigenvalue weighted by Crippen LogP contribution is -2.20. The van der Waals surface area contributed by atoms with Crippen LogP contribution in [-0.4, -0.2) is 32.1 Å². The Bertz CT molecular complexity index is 396. The standard InChI is InChI=1S/C12H14BrNO2/c1-14(2)11(12(15)16-3)8-9-4-6-10(13)7-5-9/h4-8H,1-3H3/b11-8+. The smallest absolute Gasteiger partial charge is 0.354 e. The number of hydrogen-bond acceptors (Lipinski definition) is 3. The summed E-state index contributed by atoms with van der Waals surface area (Å²) in [6.07, 6.45) is 1.79. The molecule has 0 atom stereocenters. The molecule has 4 heteroatoms. The summed E-state index contributed by atoms with van der Waals surface area (Å²) in [7, 11) is 4.99. The number of nitrogens with zero attached hydrogens (tertiary/aromatic N) is 1. The molecule has 0 N–H and O–H groups in total. The number of methoxy groups -OCH3 is 1. The number of hydrogen-bond donors (Lipinski definition) is 0. The lowest BCUT2D eigenvalue weighted by Gasteiger charge is -2.14.